The molecule has 1 aromatic carbocycles. The Balaban J connectivity index is 2.85. The predicted octanol–water partition coefficient (Wildman–Crippen LogP) is 1.18. The van der Waals surface area contributed by atoms with Gasteiger partial charge in [-0.1, -0.05) is 0 Å². The molecule has 0 saturated carbocycles. The van der Waals surface area contributed by atoms with Crippen molar-refractivity contribution < 1.29 is 18.0 Å². The summed E-state index contributed by atoms with van der Waals surface area (Å²) < 4.78 is 25.8. The Morgan fingerprint density at radius 2 is 1.65 bits per heavy atom. The van der Waals surface area contributed by atoms with Crippen LogP contribution in [-0.2, 0) is 19.6 Å². The van der Waals surface area contributed by atoms with E-state index in [1.165, 1.54) is 38.2 Å². The molecule has 8 heteroatoms. The van der Waals surface area contributed by atoms with E-state index in [-0.39, 0.29) is 23.3 Å². The van der Waals surface area contributed by atoms with Crippen molar-refractivity contribution in [3.63, 3.8) is 0 Å². The second-order valence-corrected chi connectivity index (χ2v) is 8.31. The Labute approximate surface area is 137 Å². The molecule has 0 heterocycles. The first kappa shape index (κ1) is 19.1. The molecule has 2 N–H and O–H groups in total. The summed E-state index contributed by atoms with van der Waals surface area (Å²) in [5.41, 5.74) is 0.0754. The van der Waals surface area contributed by atoms with Crippen LogP contribution in [0.15, 0.2) is 29.2 Å². The predicted molar refractivity (Wildman–Crippen MR) is 88.5 cm³/mol. The number of benzene rings is 1. The third kappa shape index (κ3) is 5.99. The van der Waals surface area contributed by atoms with Crippen molar-refractivity contribution in [3.05, 3.63) is 24.3 Å². The maximum atomic E-state index is 12.4. The van der Waals surface area contributed by atoms with E-state index in [1.807, 2.05) is 20.8 Å². The summed E-state index contributed by atoms with van der Waals surface area (Å²) in [6, 6.07) is 5.77. The Morgan fingerprint density at radius 3 is 2.09 bits per heavy atom. The number of sulfonamides is 1. The molecule has 0 unspecified atom stereocenters. The summed E-state index contributed by atoms with van der Waals surface area (Å²) in [5.74, 6) is -0.616. The minimum Gasteiger partial charge on any atom is -0.350 e. The third-order valence-electron chi connectivity index (χ3n) is 2.76. The molecule has 0 atom stereocenters. The van der Waals surface area contributed by atoms with Crippen molar-refractivity contribution in [2.45, 2.75) is 38.1 Å². The van der Waals surface area contributed by atoms with Gasteiger partial charge in [-0.15, -0.1) is 0 Å². The molecule has 0 aliphatic rings. The summed E-state index contributed by atoms with van der Waals surface area (Å²) in [6.07, 6.45) is 0. The fraction of sp³-hybridized carbons (Fsp3) is 0.467. The first-order chi connectivity index (χ1) is 10.4. The average molecular weight is 341 g/mol. The standard InChI is InChI=1S/C15H23N3O4S/c1-11(19)16-12-6-8-13(9-7-12)23(21,22)18(5)10-14(20)17-15(2,3)4/h6-9H,10H2,1-5H3,(H,16,19)(H,17,20). The molecule has 2 amide bonds. The highest BCUT2D eigenvalue weighted by Gasteiger charge is 2.24. The van der Waals surface area contributed by atoms with Gasteiger partial charge in [-0.2, -0.15) is 4.31 Å². The number of hydrogen-bond donors (Lipinski definition) is 2. The number of hydrogen-bond acceptors (Lipinski definition) is 4. The van der Waals surface area contributed by atoms with Crippen LogP contribution in [0.3, 0.4) is 0 Å². The first-order valence-corrected chi connectivity index (χ1v) is 8.51. The average Bonchev–Trinajstić information content (AvgIpc) is 2.36. The maximum absolute atomic E-state index is 12.4. The smallest absolute Gasteiger partial charge is 0.243 e. The zero-order valence-electron chi connectivity index (χ0n) is 14.0. The van der Waals surface area contributed by atoms with Crippen LogP contribution >= 0.6 is 0 Å². The number of nitrogens with zero attached hydrogens (tertiary/aromatic N) is 1. The maximum Gasteiger partial charge on any atom is 0.243 e. The van der Waals surface area contributed by atoms with Gasteiger partial charge in [-0.3, -0.25) is 9.59 Å². The molecule has 0 fully saturated rings. The normalized spacial score (nSPS) is 12.1. The molecule has 1 rings (SSSR count). The molecule has 0 radical (unpaired) electrons. The summed E-state index contributed by atoms with van der Waals surface area (Å²) in [4.78, 5) is 22.9. The largest absolute Gasteiger partial charge is 0.350 e. The van der Waals surface area contributed by atoms with Crippen LogP contribution in [0.5, 0.6) is 0 Å². The minimum absolute atomic E-state index is 0.0534. The molecule has 7 nitrogen and oxygen atoms in total. The van der Waals surface area contributed by atoms with Crippen molar-refractivity contribution in [3.8, 4) is 0 Å². The van der Waals surface area contributed by atoms with E-state index in [0.717, 1.165) is 4.31 Å². The molecular weight excluding hydrogens is 318 g/mol. The van der Waals surface area contributed by atoms with Crippen LogP contribution in [-0.4, -0.2) is 43.7 Å². The second kappa shape index (κ2) is 7.10. The van der Waals surface area contributed by atoms with Gasteiger partial charge in [0, 0.05) is 25.2 Å². The fourth-order valence-corrected chi connectivity index (χ4v) is 2.97. The fourth-order valence-electron chi connectivity index (χ4n) is 1.84. The van der Waals surface area contributed by atoms with Gasteiger partial charge in [0.25, 0.3) is 0 Å². The monoisotopic (exact) mass is 341 g/mol. The molecular formula is C15H23N3O4S. The Hall–Kier alpha value is -1.93. The van der Waals surface area contributed by atoms with Gasteiger partial charge in [-0.05, 0) is 45.0 Å². The third-order valence-corrected chi connectivity index (χ3v) is 4.58. The van der Waals surface area contributed by atoms with Gasteiger partial charge in [0.05, 0.1) is 11.4 Å². The molecule has 0 aliphatic carbocycles. The number of amides is 2. The highest BCUT2D eigenvalue weighted by atomic mass is 32.2. The quantitative estimate of drug-likeness (QED) is 0.840. The Morgan fingerprint density at radius 1 is 1.13 bits per heavy atom. The van der Waals surface area contributed by atoms with E-state index < -0.39 is 15.6 Å². The minimum atomic E-state index is -3.78. The summed E-state index contributed by atoms with van der Waals surface area (Å²) >= 11 is 0. The number of anilines is 1. The first-order valence-electron chi connectivity index (χ1n) is 7.07. The van der Waals surface area contributed by atoms with Crippen LogP contribution in [0.25, 0.3) is 0 Å². The van der Waals surface area contributed by atoms with Gasteiger partial charge in [-0.25, -0.2) is 8.42 Å². The number of carbonyl (C=O) groups is 2. The van der Waals surface area contributed by atoms with Crippen molar-refractivity contribution in [2.75, 3.05) is 18.9 Å². The number of carbonyl (C=O) groups excluding carboxylic acids is 2. The molecule has 0 aliphatic heterocycles. The molecule has 1 aromatic rings. The highest BCUT2D eigenvalue weighted by molar-refractivity contribution is 7.89. The van der Waals surface area contributed by atoms with E-state index >= 15 is 0 Å². The van der Waals surface area contributed by atoms with Crippen molar-refractivity contribution >= 4 is 27.5 Å². The SMILES string of the molecule is CC(=O)Nc1ccc(S(=O)(=O)N(C)CC(=O)NC(C)(C)C)cc1. The molecule has 0 spiro atoms. The lowest BCUT2D eigenvalue weighted by Crippen LogP contribution is -2.46. The topological polar surface area (TPSA) is 95.6 Å². The van der Waals surface area contributed by atoms with Gasteiger partial charge < -0.3 is 10.6 Å². The highest BCUT2D eigenvalue weighted by Crippen LogP contribution is 2.17. The lowest BCUT2D eigenvalue weighted by molar-refractivity contribution is -0.122. The van der Waals surface area contributed by atoms with E-state index in [1.54, 1.807) is 0 Å². The lowest BCUT2D eigenvalue weighted by Gasteiger charge is -2.23. The zero-order chi connectivity index (χ0) is 17.8. The number of nitrogens with one attached hydrogen (secondary N) is 2. The second-order valence-electron chi connectivity index (χ2n) is 6.26. The van der Waals surface area contributed by atoms with Gasteiger partial charge in [0.15, 0.2) is 0 Å². The van der Waals surface area contributed by atoms with E-state index in [2.05, 4.69) is 10.6 Å². The molecule has 0 saturated heterocycles. The van der Waals surface area contributed by atoms with Crippen LogP contribution in [0.1, 0.15) is 27.7 Å². The summed E-state index contributed by atoms with van der Waals surface area (Å²) in [5, 5.41) is 5.27. The lowest BCUT2D eigenvalue weighted by atomic mass is 10.1. The van der Waals surface area contributed by atoms with Gasteiger partial charge >= 0.3 is 0 Å². The van der Waals surface area contributed by atoms with Crippen molar-refractivity contribution in [1.82, 2.24) is 9.62 Å². The Kier molecular flexibility index (Phi) is 5.90. The van der Waals surface area contributed by atoms with Gasteiger partial charge in [0.2, 0.25) is 21.8 Å². The van der Waals surface area contributed by atoms with E-state index in [0.29, 0.717) is 5.69 Å². The van der Waals surface area contributed by atoms with E-state index in [4.69, 9.17) is 0 Å². The van der Waals surface area contributed by atoms with Gasteiger partial charge in [0.1, 0.15) is 0 Å². The number of likely N-dealkylation sites (N-methyl/N-ethyl adjacent to an activating group) is 1. The van der Waals surface area contributed by atoms with Crippen LogP contribution < -0.4 is 10.6 Å². The summed E-state index contributed by atoms with van der Waals surface area (Å²) in [7, 11) is -2.43. The van der Waals surface area contributed by atoms with Crippen LogP contribution in [0.2, 0.25) is 0 Å². The molecule has 23 heavy (non-hydrogen) atoms. The van der Waals surface area contributed by atoms with Crippen molar-refractivity contribution in [2.24, 2.45) is 0 Å². The van der Waals surface area contributed by atoms with Crippen molar-refractivity contribution in [1.29, 1.82) is 0 Å². The molecule has 0 aromatic heterocycles. The van der Waals surface area contributed by atoms with Crippen LogP contribution in [0.4, 0.5) is 5.69 Å². The number of rotatable bonds is 5. The van der Waals surface area contributed by atoms with Crippen LogP contribution in [0, 0.1) is 0 Å². The Bertz CT molecular complexity index is 676. The van der Waals surface area contributed by atoms with E-state index in [9.17, 15) is 18.0 Å². The molecule has 128 valence electrons. The molecule has 0 bridgehead atoms. The summed E-state index contributed by atoms with van der Waals surface area (Å²) in [6.45, 7) is 6.56. The zero-order valence-corrected chi connectivity index (χ0v) is 14.8.